The van der Waals surface area contributed by atoms with Crippen LogP contribution in [0.2, 0.25) is 0 Å². The summed E-state index contributed by atoms with van der Waals surface area (Å²) in [4.78, 5) is 10.6. The maximum Gasteiger partial charge on any atom is 0.336 e. The second-order valence-corrected chi connectivity index (χ2v) is 4.27. The fraction of sp³-hybridized carbons (Fsp3) is 0.900. The molecule has 1 saturated heterocycles. The van der Waals surface area contributed by atoms with Crippen LogP contribution in [-0.2, 0) is 9.53 Å². The molecule has 5 nitrogen and oxygen atoms in total. The van der Waals surface area contributed by atoms with Crippen molar-refractivity contribution in [2.45, 2.75) is 25.4 Å². The van der Waals surface area contributed by atoms with Crippen LogP contribution in [-0.4, -0.2) is 48.1 Å². The van der Waals surface area contributed by atoms with Crippen LogP contribution in [0.25, 0.3) is 0 Å². The van der Waals surface area contributed by atoms with Gasteiger partial charge in [0.2, 0.25) is 0 Å². The number of ether oxygens (including phenoxy) is 1. The summed E-state index contributed by atoms with van der Waals surface area (Å²) in [6, 6.07) is 0. The van der Waals surface area contributed by atoms with Crippen molar-refractivity contribution in [1.29, 1.82) is 0 Å². The van der Waals surface area contributed by atoms with E-state index in [0.717, 1.165) is 32.6 Å². The Hall–Kier alpha value is -0.650. The Bertz CT molecular complexity index is 211. The Morgan fingerprint density at radius 3 is 2.67 bits per heavy atom. The molecule has 0 radical (unpaired) electrons. The van der Waals surface area contributed by atoms with Crippen molar-refractivity contribution in [2.24, 2.45) is 5.92 Å². The van der Waals surface area contributed by atoms with Crippen LogP contribution in [0, 0.1) is 5.92 Å². The minimum Gasteiger partial charge on any atom is -0.479 e. The van der Waals surface area contributed by atoms with Gasteiger partial charge in [-0.1, -0.05) is 0 Å². The molecule has 0 spiro atoms. The summed E-state index contributed by atoms with van der Waals surface area (Å²) < 4.78 is 5.21. The quantitative estimate of drug-likeness (QED) is 0.596. The van der Waals surface area contributed by atoms with E-state index in [1.54, 1.807) is 0 Å². The number of rotatable bonds is 5. The molecule has 1 rings (SSSR count). The maximum absolute atomic E-state index is 10.6. The van der Waals surface area contributed by atoms with E-state index >= 15 is 0 Å². The minimum absolute atomic E-state index is 0.0830. The van der Waals surface area contributed by atoms with Crippen LogP contribution in [0.5, 0.6) is 0 Å². The number of aliphatic hydroxyl groups is 1. The molecule has 1 aliphatic rings. The summed E-state index contributed by atoms with van der Waals surface area (Å²) in [5.74, 6) is -0.662. The van der Waals surface area contributed by atoms with Crippen LogP contribution in [0.3, 0.4) is 0 Å². The van der Waals surface area contributed by atoms with E-state index in [0.29, 0.717) is 5.92 Å². The third kappa shape index (κ3) is 4.15. The predicted molar refractivity (Wildman–Crippen MR) is 54.7 cm³/mol. The van der Waals surface area contributed by atoms with Crippen molar-refractivity contribution < 1.29 is 19.7 Å². The summed E-state index contributed by atoms with van der Waals surface area (Å²) in [6.45, 7) is 3.68. The molecule has 1 unspecified atom stereocenters. The second kappa shape index (κ2) is 5.44. The largest absolute Gasteiger partial charge is 0.479 e. The third-order valence-corrected chi connectivity index (χ3v) is 2.70. The van der Waals surface area contributed by atoms with Gasteiger partial charge in [0.05, 0.1) is 0 Å². The van der Waals surface area contributed by atoms with Crippen molar-refractivity contribution in [1.82, 2.24) is 5.32 Å². The van der Waals surface area contributed by atoms with E-state index in [2.05, 4.69) is 5.32 Å². The highest BCUT2D eigenvalue weighted by atomic mass is 16.5. The topological polar surface area (TPSA) is 78.8 Å². The van der Waals surface area contributed by atoms with Gasteiger partial charge in [0.1, 0.15) is 0 Å². The lowest BCUT2D eigenvalue weighted by atomic mass is 10.00. The molecule has 0 amide bonds. The maximum atomic E-state index is 10.6. The summed E-state index contributed by atoms with van der Waals surface area (Å²) >= 11 is 0. The Kier molecular flexibility index (Phi) is 4.50. The van der Waals surface area contributed by atoms with E-state index < -0.39 is 11.6 Å². The van der Waals surface area contributed by atoms with Gasteiger partial charge in [-0.25, -0.2) is 4.79 Å². The van der Waals surface area contributed by atoms with Gasteiger partial charge in [-0.3, -0.25) is 0 Å². The average molecular weight is 217 g/mol. The number of carbonyl (C=O) groups is 1. The van der Waals surface area contributed by atoms with Gasteiger partial charge in [0, 0.05) is 19.8 Å². The van der Waals surface area contributed by atoms with Crippen LogP contribution < -0.4 is 5.32 Å². The van der Waals surface area contributed by atoms with Gasteiger partial charge in [0.25, 0.3) is 0 Å². The van der Waals surface area contributed by atoms with Crippen molar-refractivity contribution in [3.8, 4) is 0 Å². The zero-order chi connectivity index (χ0) is 11.3. The Balaban J connectivity index is 2.17. The fourth-order valence-corrected chi connectivity index (χ4v) is 1.55. The smallest absolute Gasteiger partial charge is 0.336 e. The standard InChI is InChI=1S/C10H19NO4/c1-10(14,9(12)13)7-11-6-8-2-4-15-5-3-8/h8,11,14H,2-7H2,1H3,(H,12,13). The van der Waals surface area contributed by atoms with Crippen LogP contribution in [0.1, 0.15) is 19.8 Å². The molecule has 1 aliphatic heterocycles. The number of aliphatic carboxylic acids is 1. The molecule has 0 aromatic rings. The lowest BCUT2D eigenvalue weighted by molar-refractivity contribution is -0.156. The van der Waals surface area contributed by atoms with Crippen molar-refractivity contribution in [3.63, 3.8) is 0 Å². The summed E-state index contributed by atoms with van der Waals surface area (Å²) in [6.07, 6.45) is 2.00. The Labute approximate surface area is 89.4 Å². The van der Waals surface area contributed by atoms with Gasteiger partial charge in [-0.15, -0.1) is 0 Å². The highest BCUT2D eigenvalue weighted by Gasteiger charge is 2.29. The van der Waals surface area contributed by atoms with Crippen molar-refractivity contribution in [2.75, 3.05) is 26.3 Å². The van der Waals surface area contributed by atoms with E-state index in [-0.39, 0.29) is 6.54 Å². The van der Waals surface area contributed by atoms with Crippen molar-refractivity contribution in [3.05, 3.63) is 0 Å². The molecule has 88 valence electrons. The first-order valence-corrected chi connectivity index (χ1v) is 5.26. The summed E-state index contributed by atoms with van der Waals surface area (Å²) in [5, 5.41) is 21.1. The first-order chi connectivity index (χ1) is 7.02. The summed E-state index contributed by atoms with van der Waals surface area (Å²) in [5.41, 5.74) is -1.68. The molecule has 1 heterocycles. The van der Waals surface area contributed by atoms with Gasteiger partial charge in [-0.2, -0.15) is 0 Å². The molecule has 1 fully saturated rings. The molecule has 1 atom stereocenters. The van der Waals surface area contributed by atoms with Gasteiger partial charge in [0.15, 0.2) is 5.60 Å². The second-order valence-electron chi connectivity index (χ2n) is 4.27. The first kappa shape index (κ1) is 12.4. The molecule has 3 N–H and O–H groups in total. The molecule has 0 aliphatic carbocycles. The molecule has 0 aromatic heterocycles. The van der Waals surface area contributed by atoms with Gasteiger partial charge >= 0.3 is 5.97 Å². The minimum atomic E-state index is -1.68. The Morgan fingerprint density at radius 1 is 1.53 bits per heavy atom. The molecular formula is C10H19NO4. The normalized spacial score (nSPS) is 22.3. The first-order valence-electron chi connectivity index (χ1n) is 5.26. The lowest BCUT2D eigenvalue weighted by Crippen LogP contribution is -2.46. The summed E-state index contributed by atoms with van der Waals surface area (Å²) in [7, 11) is 0. The molecular weight excluding hydrogens is 198 g/mol. The zero-order valence-electron chi connectivity index (χ0n) is 9.03. The lowest BCUT2D eigenvalue weighted by Gasteiger charge is -2.24. The molecule has 0 aromatic carbocycles. The molecule has 5 heteroatoms. The monoisotopic (exact) mass is 217 g/mol. The average Bonchev–Trinajstić information content (AvgIpc) is 2.19. The molecule has 0 saturated carbocycles. The van der Waals surface area contributed by atoms with Crippen LogP contribution in [0.15, 0.2) is 0 Å². The van der Waals surface area contributed by atoms with E-state index in [1.165, 1.54) is 6.92 Å². The van der Waals surface area contributed by atoms with E-state index in [1.807, 2.05) is 0 Å². The highest BCUT2D eigenvalue weighted by molar-refractivity contribution is 5.76. The number of carboxylic acid groups (broad SMARTS) is 1. The molecule has 0 bridgehead atoms. The highest BCUT2D eigenvalue weighted by Crippen LogP contribution is 2.13. The van der Waals surface area contributed by atoms with Crippen LogP contribution >= 0.6 is 0 Å². The third-order valence-electron chi connectivity index (χ3n) is 2.70. The van der Waals surface area contributed by atoms with Crippen LogP contribution in [0.4, 0.5) is 0 Å². The molecule has 15 heavy (non-hydrogen) atoms. The zero-order valence-corrected chi connectivity index (χ0v) is 9.03. The number of nitrogens with one attached hydrogen (secondary N) is 1. The Morgan fingerprint density at radius 2 is 2.13 bits per heavy atom. The van der Waals surface area contributed by atoms with Gasteiger partial charge < -0.3 is 20.3 Å². The fourth-order valence-electron chi connectivity index (χ4n) is 1.55. The number of hydrogen-bond acceptors (Lipinski definition) is 4. The SMILES string of the molecule is CC(O)(CNCC1CCOCC1)C(=O)O. The predicted octanol–water partition coefficient (Wildman–Crippen LogP) is -0.162. The number of carboxylic acids is 1. The van der Waals surface area contributed by atoms with Crippen molar-refractivity contribution >= 4 is 5.97 Å². The number of hydrogen-bond donors (Lipinski definition) is 3. The van der Waals surface area contributed by atoms with E-state index in [9.17, 15) is 9.90 Å². The van der Waals surface area contributed by atoms with E-state index in [4.69, 9.17) is 9.84 Å². The van der Waals surface area contributed by atoms with Gasteiger partial charge in [-0.05, 0) is 32.2 Å².